The fourth-order valence-electron chi connectivity index (χ4n) is 5.65. The summed E-state index contributed by atoms with van der Waals surface area (Å²) >= 11 is 1.37. The summed E-state index contributed by atoms with van der Waals surface area (Å²) in [5.74, 6) is -2.20. The van der Waals surface area contributed by atoms with Crippen molar-refractivity contribution < 1.29 is 42.4 Å². The SMILES string of the molecule is O=C(Nc1cccc([C@H]2O[C@@H](CSc3nnnn3-c3ccc(O)cc3)C[C@@H](c3ccc(CO)cc3)O2)c1)[C@@H]1CCCN1C(=O)C(F)(F)F. The number of anilines is 1. The number of hydrogen-bond acceptors (Lipinski definition) is 10. The average molecular weight is 685 g/mol. The van der Waals surface area contributed by atoms with Crippen molar-refractivity contribution in [1.82, 2.24) is 25.1 Å². The summed E-state index contributed by atoms with van der Waals surface area (Å²) in [4.78, 5) is 25.5. The number of alkyl halides is 3. The Labute approximate surface area is 276 Å². The molecule has 0 radical (unpaired) electrons. The van der Waals surface area contributed by atoms with Gasteiger partial charge in [-0.25, -0.2) is 0 Å². The van der Waals surface area contributed by atoms with E-state index in [1.807, 2.05) is 24.3 Å². The molecule has 3 N–H and O–H groups in total. The van der Waals surface area contributed by atoms with Gasteiger partial charge in [-0.05, 0) is 70.8 Å². The lowest BCUT2D eigenvalue weighted by atomic mass is 10.0. The van der Waals surface area contributed by atoms with Gasteiger partial charge in [-0.15, -0.1) is 5.10 Å². The maximum absolute atomic E-state index is 13.1. The zero-order chi connectivity index (χ0) is 33.8. The number of carbonyl (C=O) groups is 2. The van der Waals surface area contributed by atoms with Crippen LogP contribution in [-0.2, 0) is 25.7 Å². The largest absolute Gasteiger partial charge is 0.508 e. The quantitative estimate of drug-likeness (QED) is 0.212. The molecule has 0 aliphatic carbocycles. The van der Waals surface area contributed by atoms with Crippen molar-refractivity contribution in [1.29, 1.82) is 0 Å². The lowest BCUT2D eigenvalue weighted by Gasteiger charge is -2.36. The maximum atomic E-state index is 13.1. The van der Waals surface area contributed by atoms with E-state index >= 15 is 0 Å². The van der Waals surface area contributed by atoms with Gasteiger partial charge in [-0.3, -0.25) is 9.59 Å². The first-order chi connectivity index (χ1) is 23.1. The Balaban J connectivity index is 1.19. The Kier molecular flexibility index (Phi) is 9.96. The Bertz CT molecular complexity index is 1740. The molecule has 2 aliphatic heterocycles. The van der Waals surface area contributed by atoms with Crippen LogP contribution >= 0.6 is 11.8 Å². The zero-order valence-electron chi connectivity index (χ0n) is 25.3. The molecule has 4 aromatic rings. The summed E-state index contributed by atoms with van der Waals surface area (Å²) in [6.45, 7) is -0.254. The number of amides is 2. The standard InChI is InChI=1S/C32H31F3N6O6S/c33-32(34,35)30(45)40-14-2-5-26(40)28(44)36-22-4-1-3-21(15-22)29-46-25(16-27(47-29)20-8-6-19(17-42)7-9-20)18-48-31-37-38-39-41(31)23-10-12-24(43)13-11-23/h1,3-4,6-13,15,25-27,29,42-43H,2,5,14,16-18H2,(H,36,44)/t25-,26+,27+,29+/m1/s1. The van der Waals surface area contributed by atoms with Crippen LogP contribution in [0.15, 0.2) is 78.0 Å². The number of likely N-dealkylation sites (tertiary alicyclic amines) is 1. The molecule has 0 saturated carbocycles. The predicted molar refractivity (Wildman–Crippen MR) is 166 cm³/mol. The van der Waals surface area contributed by atoms with Crippen LogP contribution in [0.25, 0.3) is 5.69 Å². The molecule has 0 bridgehead atoms. The van der Waals surface area contributed by atoms with Gasteiger partial charge in [0, 0.05) is 30.0 Å². The number of phenolic OH excluding ortho intramolecular Hbond substituents is 1. The minimum absolute atomic E-state index is 0.103. The molecular weight excluding hydrogens is 653 g/mol. The van der Waals surface area contributed by atoms with Crippen molar-refractivity contribution in [2.24, 2.45) is 0 Å². The summed E-state index contributed by atoms with van der Waals surface area (Å²) < 4.78 is 53.7. The third-order valence-electron chi connectivity index (χ3n) is 8.03. The number of aromatic nitrogens is 4. The summed E-state index contributed by atoms with van der Waals surface area (Å²) in [5, 5.41) is 34.3. The highest BCUT2D eigenvalue weighted by Crippen LogP contribution is 2.40. The molecule has 1 aromatic heterocycles. The van der Waals surface area contributed by atoms with Gasteiger partial charge in [0.1, 0.15) is 11.8 Å². The lowest BCUT2D eigenvalue weighted by Crippen LogP contribution is -2.48. The zero-order valence-corrected chi connectivity index (χ0v) is 26.1. The summed E-state index contributed by atoms with van der Waals surface area (Å²) in [7, 11) is 0. The number of aromatic hydroxyl groups is 1. The van der Waals surface area contributed by atoms with Crippen molar-refractivity contribution in [3.63, 3.8) is 0 Å². The number of thioether (sulfide) groups is 1. The minimum atomic E-state index is -5.07. The minimum Gasteiger partial charge on any atom is -0.508 e. The van der Waals surface area contributed by atoms with Gasteiger partial charge in [-0.2, -0.15) is 17.9 Å². The molecule has 252 valence electrons. The summed E-state index contributed by atoms with van der Waals surface area (Å²) in [6, 6.07) is 19.2. The second kappa shape index (κ2) is 14.3. The molecule has 4 atom stereocenters. The molecule has 0 unspecified atom stereocenters. The average Bonchev–Trinajstić information content (AvgIpc) is 3.77. The highest BCUT2D eigenvalue weighted by Gasteiger charge is 2.47. The number of hydrogen-bond donors (Lipinski definition) is 3. The van der Waals surface area contributed by atoms with Gasteiger partial charge in [0.05, 0.1) is 24.5 Å². The van der Waals surface area contributed by atoms with Crippen LogP contribution in [0.5, 0.6) is 5.75 Å². The number of nitrogens with zero attached hydrogens (tertiary/aromatic N) is 5. The van der Waals surface area contributed by atoms with Gasteiger partial charge in [0.15, 0.2) is 6.29 Å². The first-order valence-corrected chi connectivity index (χ1v) is 16.1. The van der Waals surface area contributed by atoms with Crippen LogP contribution in [0.3, 0.4) is 0 Å². The third-order valence-corrected chi connectivity index (χ3v) is 9.08. The molecule has 3 aromatic carbocycles. The molecule has 2 saturated heterocycles. The molecule has 3 heterocycles. The number of tetrazole rings is 1. The molecule has 6 rings (SSSR count). The molecule has 12 nitrogen and oxygen atoms in total. The van der Waals surface area contributed by atoms with Crippen molar-refractivity contribution in [2.45, 2.75) is 61.7 Å². The smallest absolute Gasteiger partial charge is 0.471 e. The van der Waals surface area contributed by atoms with Gasteiger partial charge >= 0.3 is 12.1 Å². The predicted octanol–water partition coefficient (Wildman–Crippen LogP) is 4.69. The number of phenols is 1. The van der Waals surface area contributed by atoms with Crippen LogP contribution in [0.1, 0.15) is 48.3 Å². The van der Waals surface area contributed by atoms with E-state index in [1.165, 1.54) is 23.9 Å². The second-order valence-corrected chi connectivity index (χ2v) is 12.3. The fourth-order valence-corrected chi connectivity index (χ4v) is 6.56. The Morgan fingerprint density at radius 1 is 1.02 bits per heavy atom. The van der Waals surface area contributed by atoms with Gasteiger partial charge in [-0.1, -0.05) is 48.2 Å². The highest BCUT2D eigenvalue weighted by atomic mass is 32.2. The van der Waals surface area contributed by atoms with Crippen LogP contribution in [-0.4, -0.2) is 77.8 Å². The van der Waals surface area contributed by atoms with Crippen LogP contribution < -0.4 is 5.32 Å². The van der Waals surface area contributed by atoms with E-state index in [0.29, 0.717) is 39.2 Å². The van der Waals surface area contributed by atoms with Crippen LogP contribution in [0.4, 0.5) is 18.9 Å². The number of ether oxygens (including phenoxy) is 2. The van der Waals surface area contributed by atoms with E-state index in [1.54, 1.807) is 41.1 Å². The first-order valence-electron chi connectivity index (χ1n) is 15.1. The van der Waals surface area contributed by atoms with Crippen LogP contribution in [0.2, 0.25) is 0 Å². The van der Waals surface area contributed by atoms with E-state index in [0.717, 1.165) is 11.1 Å². The summed E-state index contributed by atoms with van der Waals surface area (Å²) in [5.41, 5.74) is 3.14. The van der Waals surface area contributed by atoms with E-state index < -0.39 is 36.4 Å². The first kappa shape index (κ1) is 33.4. The topological polar surface area (TPSA) is 152 Å². The van der Waals surface area contributed by atoms with E-state index in [-0.39, 0.29) is 37.8 Å². The molecule has 16 heteroatoms. The molecule has 48 heavy (non-hydrogen) atoms. The monoisotopic (exact) mass is 684 g/mol. The molecular formula is C32H31F3N6O6S. The van der Waals surface area contributed by atoms with Crippen molar-refractivity contribution in [3.8, 4) is 11.4 Å². The van der Waals surface area contributed by atoms with Gasteiger partial charge in [0.25, 0.3) is 0 Å². The van der Waals surface area contributed by atoms with E-state index in [4.69, 9.17) is 9.47 Å². The Hall–Kier alpha value is -4.51. The Morgan fingerprint density at radius 3 is 2.52 bits per heavy atom. The maximum Gasteiger partial charge on any atom is 0.471 e. The molecule has 2 fully saturated rings. The number of aliphatic hydroxyl groups excluding tert-OH is 1. The summed E-state index contributed by atoms with van der Waals surface area (Å²) in [6.07, 6.45) is -5.84. The lowest BCUT2D eigenvalue weighted by molar-refractivity contribution is -0.245. The number of aliphatic hydroxyl groups is 1. The van der Waals surface area contributed by atoms with Crippen LogP contribution in [0, 0.1) is 0 Å². The molecule has 2 aliphatic rings. The Morgan fingerprint density at radius 2 is 1.79 bits per heavy atom. The molecule has 0 spiro atoms. The molecule has 2 amide bonds. The normalized spacial score (nSPS) is 21.3. The number of rotatable bonds is 9. The van der Waals surface area contributed by atoms with Crippen molar-refractivity contribution in [3.05, 3.63) is 89.5 Å². The highest BCUT2D eigenvalue weighted by molar-refractivity contribution is 7.99. The fraction of sp³-hybridized carbons (Fsp3) is 0.344. The number of nitrogens with one attached hydrogen (secondary N) is 1. The third kappa shape index (κ3) is 7.62. The van der Waals surface area contributed by atoms with Gasteiger partial charge < -0.3 is 29.9 Å². The number of carbonyl (C=O) groups excluding carboxylic acids is 2. The van der Waals surface area contributed by atoms with Crippen molar-refractivity contribution >= 4 is 29.3 Å². The number of benzene rings is 3. The number of halogens is 3. The van der Waals surface area contributed by atoms with E-state index in [2.05, 4.69) is 20.8 Å². The second-order valence-electron chi connectivity index (χ2n) is 11.3. The van der Waals surface area contributed by atoms with Gasteiger partial charge in [0.2, 0.25) is 11.1 Å². The van der Waals surface area contributed by atoms with Crippen molar-refractivity contribution in [2.75, 3.05) is 17.6 Å². The van der Waals surface area contributed by atoms with E-state index in [9.17, 15) is 33.0 Å².